The molecule has 1 aliphatic heterocycles. The van der Waals surface area contributed by atoms with Crippen LogP contribution in [0.1, 0.15) is 27.2 Å². The largest absolute Gasteiger partial charge is 0.370 e. The van der Waals surface area contributed by atoms with Gasteiger partial charge in [0.15, 0.2) is 10.7 Å². The van der Waals surface area contributed by atoms with E-state index in [-0.39, 0.29) is 17.0 Å². The Hall–Kier alpha value is -2.04. The molecule has 0 aliphatic carbocycles. The van der Waals surface area contributed by atoms with Crippen LogP contribution in [0.2, 0.25) is 5.02 Å². The van der Waals surface area contributed by atoms with Crippen LogP contribution in [-0.4, -0.2) is 51.5 Å². The van der Waals surface area contributed by atoms with E-state index in [1.807, 2.05) is 11.8 Å². The molecule has 0 radical (unpaired) electrons. The van der Waals surface area contributed by atoms with E-state index < -0.39 is 43.3 Å². The van der Waals surface area contributed by atoms with E-state index in [2.05, 4.69) is 30.7 Å². The zero-order valence-corrected chi connectivity index (χ0v) is 20.6. The number of rotatable bonds is 7. The van der Waals surface area contributed by atoms with Crippen LogP contribution in [0.15, 0.2) is 29.2 Å². The number of hydrogen-bond donors (Lipinski definition) is 1. The van der Waals surface area contributed by atoms with Gasteiger partial charge < -0.3 is 9.80 Å². The number of nitrogens with one attached hydrogen (secondary N) is 1. The van der Waals surface area contributed by atoms with E-state index in [4.69, 9.17) is 11.6 Å². The van der Waals surface area contributed by atoms with Gasteiger partial charge in [-0.3, -0.25) is 4.72 Å². The van der Waals surface area contributed by atoms with Crippen molar-refractivity contribution in [2.24, 2.45) is 11.3 Å². The monoisotopic (exact) mass is 504 g/mol. The van der Waals surface area contributed by atoms with E-state index in [0.29, 0.717) is 13.1 Å². The quantitative estimate of drug-likeness (QED) is 0.435. The Morgan fingerprint density at radius 1 is 1.27 bits per heavy atom. The van der Waals surface area contributed by atoms with E-state index in [9.17, 15) is 17.2 Å². The molecule has 0 saturated carbocycles. The Labute approximate surface area is 197 Å². The third-order valence-electron chi connectivity index (χ3n) is 5.26. The molecule has 1 fully saturated rings. The van der Waals surface area contributed by atoms with Gasteiger partial charge in [-0.1, -0.05) is 38.4 Å². The van der Waals surface area contributed by atoms with Crippen LogP contribution in [0.5, 0.6) is 0 Å². The molecule has 1 aliphatic rings. The fourth-order valence-electron chi connectivity index (χ4n) is 4.21. The van der Waals surface area contributed by atoms with Crippen molar-refractivity contribution in [2.45, 2.75) is 32.1 Å². The molecule has 2 aromatic rings. The predicted molar refractivity (Wildman–Crippen MR) is 124 cm³/mol. The Balaban J connectivity index is 1.80. The topological polar surface area (TPSA) is 65.5 Å². The lowest BCUT2D eigenvalue weighted by molar-refractivity contribution is 0.204. The maximum absolute atomic E-state index is 15.0. The lowest BCUT2D eigenvalue weighted by atomic mass is 9.95. The molecule has 1 aromatic carbocycles. The fraction of sp³-hybridized carbons (Fsp3) is 0.500. The Kier molecular flexibility index (Phi) is 7.50. The van der Waals surface area contributed by atoms with Gasteiger partial charge in [0, 0.05) is 32.2 Å². The summed E-state index contributed by atoms with van der Waals surface area (Å²) in [6.07, 6.45) is 0.820. The highest BCUT2D eigenvalue weighted by atomic mass is 35.5. The first kappa shape index (κ1) is 25.6. The number of benzene rings is 1. The maximum atomic E-state index is 15.0. The standard InChI is InChI=1S/C22H28ClF3N4O2S/c1-22(2,3)13-29(4)11-14-8-9-30(12-14)16-10-15(24)21(20(26)19(16)23)33(31,32)28-18-7-5-6-17(25)27-18/h5-7,10,14H,8-9,11-13H2,1-4H3,(H,27,28)/t14-/m0/s1. The minimum atomic E-state index is -4.74. The minimum absolute atomic E-state index is 0.107. The van der Waals surface area contributed by atoms with Gasteiger partial charge in [0.1, 0.15) is 16.7 Å². The van der Waals surface area contributed by atoms with Gasteiger partial charge in [-0.2, -0.15) is 4.39 Å². The first-order valence-corrected chi connectivity index (χ1v) is 12.4. The van der Waals surface area contributed by atoms with Crippen molar-refractivity contribution in [3.8, 4) is 0 Å². The molecule has 1 saturated heterocycles. The van der Waals surface area contributed by atoms with Gasteiger partial charge in [0.05, 0.1) is 5.69 Å². The second-order valence-corrected chi connectivity index (χ2v) is 11.6. The average Bonchev–Trinajstić information content (AvgIpc) is 3.10. The van der Waals surface area contributed by atoms with Gasteiger partial charge in [-0.05, 0) is 36.9 Å². The summed E-state index contributed by atoms with van der Waals surface area (Å²) in [6.45, 7) is 9.30. The highest BCUT2D eigenvalue weighted by molar-refractivity contribution is 7.92. The number of anilines is 2. The summed E-state index contributed by atoms with van der Waals surface area (Å²) in [7, 11) is -2.70. The van der Waals surface area contributed by atoms with Crippen LogP contribution in [0.25, 0.3) is 0 Å². The molecule has 1 N–H and O–H groups in total. The van der Waals surface area contributed by atoms with Crippen molar-refractivity contribution in [3.63, 3.8) is 0 Å². The molecule has 0 spiro atoms. The Morgan fingerprint density at radius 2 is 1.97 bits per heavy atom. The molecule has 182 valence electrons. The van der Waals surface area contributed by atoms with Crippen LogP contribution < -0.4 is 9.62 Å². The third kappa shape index (κ3) is 6.30. The molecule has 0 amide bonds. The summed E-state index contributed by atoms with van der Waals surface area (Å²) in [5.41, 5.74) is 0.259. The number of nitrogens with zero attached hydrogens (tertiary/aromatic N) is 3. The van der Waals surface area contributed by atoms with Gasteiger partial charge >= 0.3 is 0 Å². The molecule has 33 heavy (non-hydrogen) atoms. The number of pyridine rings is 1. The van der Waals surface area contributed by atoms with E-state index in [1.165, 1.54) is 6.07 Å². The molecular weight excluding hydrogens is 477 g/mol. The minimum Gasteiger partial charge on any atom is -0.370 e. The molecule has 1 aromatic heterocycles. The second kappa shape index (κ2) is 9.68. The van der Waals surface area contributed by atoms with Crippen LogP contribution in [0.3, 0.4) is 0 Å². The van der Waals surface area contributed by atoms with Crippen molar-refractivity contribution in [1.82, 2.24) is 9.88 Å². The zero-order valence-electron chi connectivity index (χ0n) is 19.0. The Bertz CT molecular complexity index is 1130. The van der Waals surface area contributed by atoms with Gasteiger partial charge in [0.2, 0.25) is 5.95 Å². The highest BCUT2D eigenvalue weighted by Crippen LogP contribution is 2.37. The smallest absolute Gasteiger partial charge is 0.268 e. The Morgan fingerprint density at radius 3 is 2.61 bits per heavy atom. The van der Waals surface area contributed by atoms with E-state index >= 15 is 4.39 Å². The SMILES string of the molecule is CN(C[C@@H]1CCN(c2cc(F)c(S(=O)(=O)Nc3cccc(F)n3)c(F)c2Cl)C1)CC(C)(C)C. The van der Waals surface area contributed by atoms with Gasteiger partial charge in [-0.15, -0.1) is 0 Å². The fourth-order valence-corrected chi connectivity index (χ4v) is 5.68. The third-order valence-corrected chi connectivity index (χ3v) is 7.01. The van der Waals surface area contributed by atoms with E-state index in [0.717, 1.165) is 37.7 Å². The van der Waals surface area contributed by atoms with Crippen molar-refractivity contribution in [3.05, 3.63) is 46.9 Å². The first-order valence-electron chi connectivity index (χ1n) is 10.5. The van der Waals surface area contributed by atoms with Gasteiger partial charge in [-0.25, -0.2) is 22.2 Å². The first-order chi connectivity index (χ1) is 15.3. The lowest BCUT2D eigenvalue weighted by Gasteiger charge is -2.28. The summed E-state index contributed by atoms with van der Waals surface area (Å²) in [4.78, 5) is 6.12. The second-order valence-electron chi connectivity index (χ2n) is 9.64. The molecule has 0 bridgehead atoms. The van der Waals surface area contributed by atoms with Crippen molar-refractivity contribution in [1.29, 1.82) is 0 Å². The maximum Gasteiger partial charge on any atom is 0.268 e. The number of halogens is 4. The average molecular weight is 505 g/mol. The summed E-state index contributed by atoms with van der Waals surface area (Å²) in [5, 5.41) is -0.479. The molecule has 0 unspecified atom stereocenters. The zero-order chi connectivity index (χ0) is 24.6. The summed E-state index contributed by atoms with van der Waals surface area (Å²) >= 11 is 6.16. The van der Waals surface area contributed by atoms with Crippen LogP contribution in [-0.2, 0) is 10.0 Å². The van der Waals surface area contributed by atoms with Crippen LogP contribution in [0, 0.1) is 28.9 Å². The normalized spacial score (nSPS) is 17.1. The molecule has 1 atom stereocenters. The summed E-state index contributed by atoms with van der Waals surface area (Å²) in [6, 6.07) is 4.31. The molecule has 2 heterocycles. The van der Waals surface area contributed by atoms with Crippen molar-refractivity contribution >= 4 is 33.1 Å². The number of aromatic nitrogens is 1. The molecule has 11 heteroatoms. The predicted octanol–water partition coefficient (Wildman–Crippen LogP) is 4.76. The van der Waals surface area contributed by atoms with Gasteiger partial charge in [0.25, 0.3) is 10.0 Å². The molecule has 3 rings (SSSR count). The van der Waals surface area contributed by atoms with E-state index in [1.54, 1.807) is 4.90 Å². The molecular formula is C22H28ClF3N4O2S. The number of hydrogen-bond acceptors (Lipinski definition) is 5. The lowest BCUT2D eigenvalue weighted by Crippen LogP contribution is -2.34. The van der Waals surface area contributed by atoms with Crippen molar-refractivity contribution < 1.29 is 21.6 Å². The number of sulfonamides is 1. The van der Waals surface area contributed by atoms with Crippen LogP contribution >= 0.6 is 11.6 Å². The van der Waals surface area contributed by atoms with Crippen LogP contribution in [0.4, 0.5) is 24.7 Å². The van der Waals surface area contributed by atoms with Crippen molar-refractivity contribution in [2.75, 3.05) is 42.8 Å². The summed E-state index contributed by atoms with van der Waals surface area (Å²) in [5.74, 6) is -3.76. The highest BCUT2D eigenvalue weighted by Gasteiger charge is 2.32. The summed E-state index contributed by atoms with van der Waals surface area (Å²) < 4.78 is 70.2. The molecule has 6 nitrogen and oxygen atoms in total.